The molecule has 2 aromatic rings. The summed E-state index contributed by atoms with van der Waals surface area (Å²) in [7, 11) is 1.72. The summed E-state index contributed by atoms with van der Waals surface area (Å²) in [5.74, 6) is 0.475. The number of anilines is 1. The molecule has 0 unspecified atom stereocenters. The first-order chi connectivity index (χ1) is 10.5. The van der Waals surface area contributed by atoms with E-state index in [0.717, 1.165) is 18.4 Å². The van der Waals surface area contributed by atoms with E-state index in [-0.39, 0.29) is 11.7 Å². The number of benzene rings is 1. The van der Waals surface area contributed by atoms with Crippen LogP contribution >= 0.6 is 0 Å². The number of carbonyl (C=O) groups is 1. The minimum Gasteiger partial charge on any atom is -0.382 e. The summed E-state index contributed by atoms with van der Waals surface area (Å²) in [5.41, 5.74) is 7.27. The van der Waals surface area contributed by atoms with E-state index in [0.29, 0.717) is 30.5 Å². The molecule has 1 amide bonds. The van der Waals surface area contributed by atoms with Crippen molar-refractivity contribution in [3.63, 3.8) is 0 Å². The van der Waals surface area contributed by atoms with Gasteiger partial charge in [0.25, 0.3) is 5.91 Å². The average molecular weight is 302 g/mol. The Labute approximate surface area is 128 Å². The van der Waals surface area contributed by atoms with E-state index in [9.17, 15) is 9.18 Å². The van der Waals surface area contributed by atoms with Crippen molar-refractivity contribution >= 4 is 11.7 Å². The largest absolute Gasteiger partial charge is 0.382 e. The molecule has 6 heteroatoms. The maximum Gasteiger partial charge on any atom is 0.272 e. The topological polar surface area (TPSA) is 64.2 Å². The zero-order chi connectivity index (χ0) is 15.7. The molecule has 1 fully saturated rings. The van der Waals surface area contributed by atoms with E-state index in [2.05, 4.69) is 5.10 Å². The van der Waals surface area contributed by atoms with E-state index in [1.54, 1.807) is 13.1 Å². The highest BCUT2D eigenvalue weighted by atomic mass is 19.1. The van der Waals surface area contributed by atoms with Gasteiger partial charge in [-0.15, -0.1) is 0 Å². The number of likely N-dealkylation sites (tertiary alicyclic amines) is 1. The monoisotopic (exact) mass is 302 g/mol. The number of amides is 1. The van der Waals surface area contributed by atoms with Crippen molar-refractivity contribution in [1.29, 1.82) is 0 Å². The van der Waals surface area contributed by atoms with Crippen LogP contribution in [0.1, 0.15) is 34.8 Å². The third-order valence-corrected chi connectivity index (χ3v) is 4.24. The van der Waals surface area contributed by atoms with Crippen molar-refractivity contribution < 1.29 is 9.18 Å². The quantitative estimate of drug-likeness (QED) is 0.924. The van der Waals surface area contributed by atoms with Crippen LogP contribution in [0.15, 0.2) is 30.3 Å². The first kappa shape index (κ1) is 14.6. The van der Waals surface area contributed by atoms with Crippen molar-refractivity contribution in [2.24, 2.45) is 7.05 Å². The number of aryl methyl sites for hydroxylation is 1. The second-order valence-corrected chi connectivity index (χ2v) is 5.70. The number of rotatable bonds is 2. The summed E-state index contributed by atoms with van der Waals surface area (Å²) in [5, 5.41) is 4.01. The summed E-state index contributed by atoms with van der Waals surface area (Å²) in [6.45, 7) is 1.37. The van der Waals surface area contributed by atoms with Gasteiger partial charge >= 0.3 is 0 Å². The molecule has 0 saturated carbocycles. The second-order valence-electron chi connectivity index (χ2n) is 5.70. The number of halogens is 1. The Morgan fingerprint density at radius 1 is 1.27 bits per heavy atom. The predicted octanol–water partition coefficient (Wildman–Crippen LogP) is 2.16. The second kappa shape index (κ2) is 5.79. The van der Waals surface area contributed by atoms with Gasteiger partial charge in [-0.25, -0.2) is 4.39 Å². The van der Waals surface area contributed by atoms with Crippen molar-refractivity contribution in [2.45, 2.75) is 18.8 Å². The first-order valence-electron chi connectivity index (χ1n) is 7.39. The normalized spacial score (nSPS) is 16.0. The van der Waals surface area contributed by atoms with Crippen LogP contribution in [-0.4, -0.2) is 33.7 Å². The lowest BCUT2D eigenvalue weighted by molar-refractivity contribution is 0.0702. The first-order valence-corrected chi connectivity index (χ1v) is 7.39. The summed E-state index contributed by atoms with van der Waals surface area (Å²) in [4.78, 5) is 14.3. The van der Waals surface area contributed by atoms with Gasteiger partial charge in [-0.05, 0) is 36.5 Å². The lowest BCUT2D eigenvalue weighted by Gasteiger charge is -2.32. The Balaban J connectivity index is 1.65. The molecule has 2 heterocycles. The van der Waals surface area contributed by atoms with Gasteiger partial charge in [-0.2, -0.15) is 5.10 Å². The number of hydrogen-bond acceptors (Lipinski definition) is 3. The number of nitrogens with two attached hydrogens (primary N) is 1. The molecular weight excluding hydrogens is 283 g/mol. The molecule has 2 N–H and O–H groups in total. The van der Waals surface area contributed by atoms with E-state index < -0.39 is 0 Å². The van der Waals surface area contributed by atoms with Crippen molar-refractivity contribution in [2.75, 3.05) is 18.8 Å². The maximum absolute atomic E-state index is 13.0. The zero-order valence-electron chi connectivity index (χ0n) is 12.5. The minimum atomic E-state index is -0.217. The number of aromatic nitrogens is 2. The van der Waals surface area contributed by atoms with E-state index in [1.807, 2.05) is 17.0 Å². The standard InChI is InChI=1S/C16H19FN4O/c1-20-14(10-15(18)19-20)16(22)21-8-6-12(7-9-21)11-2-4-13(17)5-3-11/h2-5,10,12H,6-9H2,1H3,(H2,18,19). The van der Waals surface area contributed by atoms with E-state index in [1.165, 1.54) is 16.8 Å². The van der Waals surface area contributed by atoms with Crippen LogP contribution in [0, 0.1) is 5.82 Å². The van der Waals surface area contributed by atoms with Gasteiger partial charge in [-0.1, -0.05) is 12.1 Å². The fraction of sp³-hybridized carbons (Fsp3) is 0.375. The van der Waals surface area contributed by atoms with Gasteiger partial charge in [0.05, 0.1) is 0 Å². The molecule has 0 spiro atoms. The van der Waals surface area contributed by atoms with Crippen LogP contribution in [-0.2, 0) is 7.05 Å². The molecule has 0 atom stereocenters. The highest BCUT2D eigenvalue weighted by Crippen LogP contribution is 2.28. The van der Waals surface area contributed by atoms with Crippen molar-refractivity contribution in [3.05, 3.63) is 47.4 Å². The van der Waals surface area contributed by atoms with Crippen molar-refractivity contribution in [1.82, 2.24) is 14.7 Å². The molecule has 1 aliphatic heterocycles. The Hall–Kier alpha value is -2.37. The lowest BCUT2D eigenvalue weighted by atomic mass is 9.89. The third kappa shape index (κ3) is 2.81. The van der Waals surface area contributed by atoms with Gasteiger partial charge < -0.3 is 10.6 Å². The molecule has 3 rings (SSSR count). The molecule has 5 nitrogen and oxygen atoms in total. The summed E-state index contributed by atoms with van der Waals surface area (Å²) in [6.07, 6.45) is 1.76. The van der Waals surface area contributed by atoms with Crippen LogP contribution in [0.4, 0.5) is 10.2 Å². The van der Waals surface area contributed by atoms with Crippen LogP contribution < -0.4 is 5.73 Å². The molecule has 1 aromatic heterocycles. The molecule has 1 saturated heterocycles. The number of carbonyl (C=O) groups excluding carboxylic acids is 1. The summed E-state index contributed by atoms with van der Waals surface area (Å²) < 4.78 is 14.5. The number of nitrogens with zero attached hydrogens (tertiary/aromatic N) is 3. The molecule has 0 aliphatic carbocycles. The molecular formula is C16H19FN4O. The highest BCUT2D eigenvalue weighted by molar-refractivity contribution is 5.93. The van der Waals surface area contributed by atoms with Crippen LogP contribution in [0.25, 0.3) is 0 Å². The minimum absolute atomic E-state index is 0.0377. The highest BCUT2D eigenvalue weighted by Gasteiger charge is 2.26. The van der Waals surface area contributed by atoms with Gasteiger partial charge in [0, 0.05) is 26.2 Å². The Kier molecular flexibility index (Phi) is 3.83. The molecule has 1 aliphatic rings. The van der Waals surface area contributed by atoms with Crippen molar-refractivity contribution in [3.8, 4) is 0 Å². The summed E-state index contributed by atoms with van der Waals surface area (Å²) >= 11 is 0. The van der Waals surface area contributed by atoms with Crippen LogP contribution in [0.2, 0.25) is 0 Å². The molecule has 0 radical (unpaired) electrons. The number of piperidine rings is 1. The smallest absolute Gasteiger partial charge is 0.272 e. The van der Waals surface area contributed by atoms with Gasteiger partial charge in [0.2, 0.25) is 0 Å². The fourth-order valence-electron chi connectivity index (χ4n) is 3.00. The Morgan fingerprint density at radius 2 is 1.91 bits per heavy atom. The van der Waals surface area contributed by atoms with Crippen LogP contribution in [0.5, 0.6) is 0 Å². The molecule has 0 bridgehead atoms. The molecule has 1 aromatic carbocycles. The predicted molar refractivity (Wildman–Crippen MR) is 81.9 cm³/mol. The molecule has 22 heavy (non-hydrogen) atoms. The Bertz CT molecular complexity index is 672. The fourth-order valence-corrected chi connectivity index (χ4v) is 3.00. The zero-order valence-corrected chi connectivity index (χ0v) is 12.5. The van der Waals surface area contributed by atoms with E-state index >= 15 is 0 Å². The summed E-state index contributed by atoms with van der Waals surface area (Å²) in [6, 6.07) is 8.25. The SMILES string of the molecule is Cn1nc(N)cc1C(=O)N1CCC(c2ccc(F)cc2)CC1. The van der Waals surface area contributed by atoms with Gasteiger partial charge in [0.15, 0.2) is 0 Å². The van der Waals surface area contributed by atoms with Gasteiger partial charge in [0.1, 0.15) is 17.3 Å². The van der Waals surface area contributed by atoms with E-state index in [4.69, 9.17) is 5.73 Å². The lowest BCUT2D eigenvalue weighted by Crippen LogP contribution is -2.38. The van der Waals surface area contributed by atoms with Crippen LogP contribution in [0.3, 0.4) is 0 Å². The Morgan fingerprint density at radius 3 is 2.45 bits per heavy atom. The molecule has 116 valence electrons. The van der Waals surface area contributed by atoms with Gasteiger partial charge in [-0.3, -0.25) is 9.48 Å². The number of nitrogen functional groups attached to an aromatic ring is 1. The maximum atomic E-state index is 13.0. The average Bonchev–Trinajstić information content (AvgIpc) is 2.86. The number of hydrogen-bond donors (Lipinski definition) is 1. The third-order valence-electron chi connectivity index (χ3n) is 4.24.